The average Bonchev–Trinajstić information content (AvgIpc) is 3.33. The smallest absolute Gasteiger partial charge is 0.258 e. The van der Waals surface area contributed by atoms with E-state index >= 15 is 0 Å². The number of carbonyl (C=O) groups is 1. The molecular weight excluding hydrogens is 378 g/mol. The first-order chi connectivity index (χ1) is 14.7. The van der Waals surface area contributed by atoms with Gasteiger partial charge in [0.1, 0.15) is 0 Å². The Morgan fingerprint density at radius 3 is 2.53 bits per heavy atom. The zero-order chi connectivity index (χ0) is 20.8. The molecule has 1 aromatic carbocycles. The Hall–Kier alpha value is -3.48. The van der Waals surface area contributed by atoms with E-state index in [0.29, 0.717) is 5.88 Å². The number of carbonyl (C=O) groups excluding carboxylic acids is 1. The first-order valence-corrected chi connectivity index (χ1v) is 10.2. The molecular formula is C23H25N5O2. The van der Waals surface area contributed by atoms with E-state index in [0.717, 1.165) is 35.6 Å². The van der Waals surface area contributed by atoms with E-state index in [-0.39, 0.29) is 18.6 Å². The third-order valence-corrected chi connectivity index (χ3v) is 5.25. The molecule has 1 aliphatic heterocycles. The van der Waals surface area contributed by atoms with Crippen LogP contribution in [0.3, 0.4) is 0 Å². The molecule has 3 aromatic rings. The van der Waals surface area contributed by atoms with Crippen molar-refractivity contribution in [3.05, 3.63) is 77.6 Å². The van der Waals surface area contributed by atoms with Crippen molar-refractivity contribution in [2.75, 3.05) is 24.6 Å². The maximum absolute atomic E-state index is 12.7. The van der Waals surface area contributed by atoms with Gasteiger partial charge in [0.15, 0.2) is 12.4 Å². The molecule has 0 aliphatic carbocycles. The predicted molar refractivity (Wildman–Crippen MR) is 114 cm³/mol. The highest BCUT2D eigenvalue weighted by Crippen LogP contribution is 2.24. The van der Waals surface area contributed by atoms with E-state index in [1.165, 1.54) is 12.8 Å². The Kier molecular flexibility index (Phi) is 6.17. The number of pyridine rings is 1. The summed E-state index contributed by atoms with van der Waals surface area (Å²) in [4.78, 5) is 18.9. The van der Waals surface area contributed by atoms with Gasteiger partial charge in [-0.1, -0.05) is 24.3 Å². The van der Waals surface area contributed by atoms with Gasteiger partial charge in [-0.05, 0) is 54.7 Å². The summed E-state index contributed by atoms with van der Waals surface area (Å²) < 4.78 is 5.57. The van der Waals surface area contributed by atoms with Crippen LogP contribution in [0, 0.1) is 6.92 Å². The monoisotopic (exact) mass is 403 g/mol. The normalized spacial score (nSPS) is 14.4. The summed E-state index contributed by atoms with van der Waals surface area (Å²) in [6.45, 7) is 3.91. The molecule has 0 radical (unpaired) electrons. The van der Waals surface area contributed by atoms with E-state index in [1.54, 1.807) is 18.5 Å². The number of ether oxygens (including phenoxy) is 1. The summed E-state index contributed by atoms with van der Waals surface area (Å²) in [5.41, 5.74) is 3.10. The van der Waals surface area contributed by atoms with Gasteiger partial charge in [-0.3, -0.25) is 9.78 Å². The number of nitrogens with zero attached hydrogens (tertiary/aromatic N) is 4. The van der Waals surface area contributed by atoms with Crippen LogP contribution in [0.4, 0.5) is 5.82 Å². The van der Waals surface area contributed by atoms with Crippen LogP contribution in [0.25, 0.3) is 0 Å². The first-order valence-electron chi connectivity index (χ1n) is 10.2. The summed E-state index contributed by atoms with van der Waals surface area (Å²) in [5.74, 6) is 0.955. The molecule has 1 amide bonds. The fraction of sp³-hybridized carbons (Fsp3) is 0.304. The van der Waals surface area contributed by atoms with Crippen molar-refractivity contribution in [1.29, 1.82) is 0 Å². The van der Waals surface area contributed by atoms with Crippen LogP contribution in [0.5, 0.6) is 5.88 Å². The van der Waals surface area contributed by atoms with Gasteiger partial charge in [0.25, 0.3) is 5.91 Å². The van der Waals surface area contributed by atoms with Crippen molar-refractivity contribution >= 4 is 11.7 Å². The molecule has 3 heterocycles. The molecule has 0 bridgehead atoms. The summed E-state index contributed by atoms with van der Waals surface area (Å²) in [5, 5.41) is 11.4. The fourth-order valence-electron chi connectivity index (χ4n) is 3.65. The van der Waals surface area contributed by atoms with Crippen molar-refractivity contribution in [1.82, 2.24) is 20.5 Å². The van der Waals surface area contributed by atoms with Gasteiger partial charge in [-0.15, -0.1) is 10.2 Å². The van der Waals surface area contributed by atoms with Gasteiger partial charge in [0.2, 0.25) is 5.88 Å². The number of nitrogens with one attached hydrogen (secondary N) is 1. The third-order valence-electron chi connectivity index (χ3n) is 5.25. The minimum atomic E-state index is -0.283. The third kappa shape index (κ3) is 4.74. The maximum atomic E-state index is 12.7. The molecule has 1 saturated heterocycles. The summed E-state index contributed by atoms with van der Waals surface area (Å²) in [6.07, 6.45) is 5.81. The zero-order valence-electron chi connectivity index (χ0n) is 17.0. The lowest BCUT2D eigenvalue weighted by Gasteiger charge is -2.21. The van der Waals surface area contributed by atoms with Gasteiger partial charge >= 0.3 is 0 Å². The van der Waals surface area contributed by atoms with Crippen molar-refractivity contribution < 1.29 is 9.53 Å². The number of hydrogen-bond donors (Lipinski definition) is 1. The number of aryl methyl sites for hydroxylation is 1. The molecule has 4 rings (SSSR count). The highest BCUT2D eigenvalue weighted by atomic mass is 16.5. The minimum Gasteiger partial charge on any atom is -0.466 e. The molecule has 1 unspecified atom stereocenters. The molecule has 30 heavy (non-hydrogen) atoms. The number of anilines is 1. The number of aromatic nitrogens is 3. The van der Waals surface area contributed by atoms with Gasteiger partial charge < -0.3 is 15.0 Å². The van der Waals surface area contributed by atoms with Gasteiger partial charge in [0, 0.05) is 31.5 Å². The maximum Gasteiger partial charge on any atom is 0.258 e. The van der Waals surface area contributed by atoms with E-state index in [2.05, 4.69) is 25.4 Å². The first kappa shape index (κ1) is 19.8. The lowest BCUT2D eigenvalue weighted by Crippen LogP contribution is -2.33. The number of amides is 1. The minimum absolute atomic E-state index is 0.134. The Labute approximate surface area is 176 Å². The van der Waals surface area contributed by atoms with E-state index < -0.39 is 0 Å². The predicted octanol–water partition coefficient (Wildman–Crippen LogP) is 3.06. The number of rotatable bonds is 7. The Morgan fingerprint density at radius 1 is 1.07 bits per heavy atom. The topological polar surface area (TPSA) is 80.2 Å². The van der Waals surface area contributed by atoms with Crippen molar-refractivity contribution in [2.24, 2.45) is 0 Å². The lowest BCUT2D eigenvalue weighted by molar-refractivity contribution is -0.123. The van der Waals surface area contributed by atoms with Gasteiger partial charge in [0.05, 0.1) is 6.04 Å². The molecule has 0 spiro atoms. The molecule has 1 fully saturated rings. The lowest BCUT2D eigenvalue weighted by atomic mass is 9.95. The quantitative estimate of drug-likeness (QED) is 0.653. The molecule has 154 valence electrons. The van der Waals surface area contributed by atoms with Crippen molar-refractivity contribution in [3.63, 3.8) is 0 Å². The van der Waals surface area contributed by atoms with Crippen molar-refractivity contribution in [3.8, 4) is 5.88 Å². The van der Waals surface area contributed by atoms with Gasteiger partial charge in [-0.2, -0.15) is 0 Å². The standard InChI is InChI=1S/C23H25N5O2/c1-17-6-2-3-7-19(17)23(18-10-12-24-13-11-18)25-21(29)16-30-22-9-8-20(26-27-22)28-14-4-5-15-28/h2-3,6-13,23H,4-5,14-16H2,1H3,(H,25,29). The highest BCUT2D eigenvalue weighted by Gasteiger charge is 2.19. The molecule has 7 nitrogen and oxygen atoms in total. The highest BCUT2D eigenvalue weighted by molar-refractivity contribution is 5.78. The Balaban J connectivity index is 1.41. The van der Waals surface area contributed by atoms with E-state index in [1.807, 2.05) is 49.4 Å². The summed E-state index contributed by atoms with van der Waals surface area (Å²) in [7, 11) is 0. The van der Waals surface area contributed by atoms with Crippen LogP contribution < -0.4 is 15.0 Å². The fourth-order valence-corrected chi connectivity index (χ4v) is 3.65. The number of hydrogen-bond acceptors (Lipinski definition) is 6. The SMILES string of the molecule is Cc1ccccc1C(NC(=O)COc1ccc(N2CCCC2)nn1)c1ccncc1. The van der Waals surface area contributed by atoms with Crippen LogP contribution in [0.15, 0.2) is 60.9 Å². The van der Waals surface area contributed by atoms with Gasteiger partial charge in [-0.25, -0.2) is 0 Å². The molecule has 2 aromatic heterocycles. The second-order valence-electron chi connectivity index (χ2n) is 7.35. The molecule has 1 aliphatic rings. The van der Waals surface area contributed by atoms with Crippen LogP contribution in [-0.2, 0) is 4.79 Å². The Morgan fingerprint density at radius 2 is 1.83 bits per heavy atom. The second kappa shape index (κ2) is 9.35. The van der Waals surface area contributed by atoms with Crippen molar-refractivity contribution in [2.45, 2.75) is 25.8 Å². The summed E-state index contributed by atoms with van der Waals surface area (Å²) >= 11 is 0. The zero-order valence-corrected chi connectivity index (χ0v) is 17.0. The molecule has 0 saturated carbocycles. The second-order valence-corrected chi connectivity index (χ2v) is 7.35. The van der Waals surface area contributed by atoms with E-state index in [9.17, 15) is 4.79 Å². The van der Waals surface area contributed by atoms with Crippen LogP contribution >= 0.6 is 0 Å². The average molecular weight is 403 g/mol. The molecule has 1 N–H and O–H groups in total. The van der Waals surface area contributed by atoms with Crippen LogP contribution in [-0.4, -0.2) is 40.8 Å². The van der Waals surface area contributed by atoms with Crippen LogP contribution in [0.1, 0.15) is 35.6 Å². The van der Waals surface area contributed by atoms with E-state index in [4.69, 9.17) is 4.74 Å². The largest absolute Gasteiger partial charge is 0.466 e. The van der Waals surface area contributed by atoms with Crippen LogP contribution in [0.2, 0.25) is 0 Å². The Bertz CT molecular complexity index is 972. The molecule has 1 atom stereocenters. The number of benzene rings is 1. The summed E-state index contributed by atoms with van der Waals surface area (Å²) in [6, 6.07) is 15.2. The molecule has 7 heteroatoms.